The highest BCUT2D eigenvalue weighted by Gasteiger charge is 2.18. The van der Waals surface area contributed by atoms with E-state index in [9.17, 15) is 9.59 Å². The van der Waals surface area contributed by atoms with Crippen molar-refractivity contribution in [3.63, 3.8) is 0 Å². The fourth-order valence-electron chi connectivity index (χ4n) is 0.786. The Morgan fingerprint density at radius 1 is 1.62 bits per heavy atom. The van der Waals surface area contributed by atoms with Crippen LogP contribution in [0.1, 0.15) is 6.92 Å². The van der Waals surface area contributed by atoms with Crippen LogP contribution < -0.4 is 10.6 Å². The summed E-state index contributed by atoms with van der Waals surface area (Å²) in [6, 6.07) is -0.925. The number of amides is 1. The van der Waals surface area contributed by atoms with Gasteiger partial charge >= 0.3 is 5.97 Å². The van der Waals surface area contributed by atoms with Gasteiger partial charge in [0, 0.05) is 19.2 Å². The summed E-state index contributed by atoms with van der Waals surface area (Å²) in [5, 5.41) is 14.0. The summed E-state index contributed by atoms with van der Waals surface area (Å²) >= 11 is 6.11. The third kappa shape index (κ3) is 7.24. The van der Waals surface area contributed by atoms with E-state index in [2.05, 4.69) is 17.2 Å². The fraction of sp³-hybridized carbons (Fsp3) is 0.444. The minimum Gasteiger partial charge on any atom is -0.480 e. The van der Waals surface area contributed by atoms with Gasteiger partial charge in [0.05, 0.1) is 0 Å². The minimum absolute atomic E-state index is 0.192. The van der Waals surface area contributed by atoms with E-state index in [1.54, 1.807) is 6.08 Å². The largest absolute Gasteiger partial charge is 0.480 e. The molecular weight excluding hydrogens is 248 g/mol. The van der Waals surface area contributed by atoms with Gasteiger partial charge in [-0.1, -0.05) is 30.1 Å². The Balaban J connectivity index is 4.01. The van der Waals surface area contributed by atoms with Crippen molar-refractivity contribution in [2.75, 3.05) is 12.3 Å². The van der Waals surface area contributed by atoms with Gasteiger partial charge < -0.3 is 15.7 Å². The lowest BCUT2D eigenvalue weighted by Crippen LogP contribution is -2.42. The monoisotopic (exact) mass is 262 g/mol. The van der Waals surface area contributed by atoms with Gasteiger partial charge in [0.2, 0.25) is 5.91 Å². The smallest absolute Gasteiger partial charge is 0.327 e. The number of thioether (sulfide) groups is 1. The van der Waals surface area contributed by atoms with E-state index in [1.807, 2.05) is 0 Å². The average molecular weight is 262 g/mol. The molecule has 0 aliphatic rings. The van der Waals surface area contributed by atoms with Crippen molar-refractivity contribution in [3.05, 3.63) is 12.7 Å². The second-order valence-electron chi connectivity index (χ2n) is 2.86. The molecule has 0 rings (SSSR count). The van der Waals surface area contributed by atoms with Crippen LogP contribution in [0.15, 0.2) is 12.7 Å². The summed E-state index contributed by atoms with van der Waals surface area (Å²) in [6.07, 6.45) is 1.65. The molecule has 0 saturated carbocycles. The third-order valence-corrected chi connectivity index (χ3v) is 2.85. The Hall–Kier alpha value is -1.08. The Labute approximate surface area is 104 Å². The van der Waals surface area contributed by atoms with Gasteiger partial charge in [0.15, 0.2) is 0 Å². The third-order valence-electron chi connectivity index (χ3n) is 1.45. The second kappa shape index (κ2) is 8.12. The Morgan fingerprint density at radius 3 is 2.69 bits per heavy atom. The summed E-state index contributed by atoms with van der Waals surface area (Å²) in [4.78, 5) is 21.5. The molecule has 5 nitrogen and oxygen atoms in total. The molecule has 0 aliphatic heterocycles. The SMILES string of the molecule is C=CCNC(=S)SC[C@H](NC(C)=O)C(=O)O. The standard InChI is InChI=1S/C9H14N2O3S2/c1-3-4-10-9(15)16-5-7(8(13)14)11-6(2)12/h3,7H,1,4-5H2,2H3,(H,10,15)(H,11,12)(H,13,14)/t7-/m0/s1. The molecule has 0 radical (unpaired) electrons. The molecule has 0 spiro atoms. The first-order chi connectivity index (χ1) is 7.47. The van der Waals surface area contributed by atoms with Crippen molar-refractivity contribution in [1.82, 2.24) is 10.6 Å². The van der Waals surface area contributed by atoms with E-state index in [0.717, 1.165) is 0 Å². The zero-order valence-electron chi connectivity index (χ0n) is 8.86. The zero-order chi connectivity index (χ0) is 12.6. The summed E-state index contributed by atoms with van der Waals surface area (Å²) in [5.41, 5.74) is 0. The number of carbonyl (C=O) groups excluding carboxylic acids is 1. The molecule has 0 aromatic heterocycles. The van der Waals surface area contributed by atoms with Crippen LogP contribution in [0.5, 0.6) is 0 Å². The molecule has 0 fully saturated rings. The maximum Gasteiger partial charge on any atom is 0.327 e. The van der Waals surface area contributed by atoms with Crippen molar-refractivity contribution in [1.29, 1.82) is 0 Å². The van der Waals surface area contributed by atoms with E-state index in [0.29, 0.717) is 10.9 Å². The number of hydrogen-bond donors (Lipinski definition) is 3. The number of nitrogens with one attached hydrogen (secondary N) is 2. The van der Waals surface area contributed by atoms with E-state index >= 15 is 0 Å². The van der Waals surface area contributed by atoms with Gasteiger partial charge in [-0.15, -0.1) is 6.58 Å². The molecule has 3 N–H and O–H groups in total. The highest BCUT2D eigenvalue weighted by molar-refractivity contribution is 8.23. The van der Waals surface area contributed by atoms with Gasteiger partial charge in [0.25, 0.3) is 0 Å². The molecule has 0 aromatic carbocycles. The minimum atomic E-state index is -1.07. The summed E-state index contributed by atoms with van der Waals surface area (Å²) < 4.78 is 0.483. The lowest BCUT2D eigenvalue weighted by Gasteiger charge is -2.13. The Morgan fingerprint density at radius 2 is 2.25 bits per heavy atom. The van der Waals surface area contributed by atoms with E-state index in [1.165, 1.54) is 18.7 Å². The van der Waals surface area contributed by atoms with Gasteiger partial charge in [-0.3, -0.25) is 4.79 Å². The van der Waals surface area contributed by atoms with E-state index < -0.39 is 12.0 Å². The number of carbonyl (C=O) groups is 2. The fourth-order valence-corrected chi connectivity index (χ4v) is 1.80. The van der Waals surface area contributed by atoms with Crippen molar-refractivity contribution >= 4 is 40.2 Å². The van der Waals surface area contributed by atoms with Crippen LogP contribution in [0.25, 0.3) is 0 Å². The molecule has 90 valence electrons. The predicted molar refractivity (Wildman–Crippen MR) is 68.5 cm³/mol. The van der Waals surface area contributed by atoms with Crippen LogP contribution in [0.3, 0.4) is 0 Å². The van der Waals surface area contributed by atoms with E-state index in [-0.39, 0.29) is 11.7 Å². The topological polar surface area (TPSA) is 78.4 Å². The molecule has 16 heavy (non-hydrogen) atoms. The van der Waals surface area contributed by atoms with Gasteiger partial charge in [-0.05, 0) is 0 Å². The van der Waals surface area contributed by atoms with Gasteiger partial charge in [0.1, 0.15) is 10.4 Å². The molecule has 1 amide bonds. The van der Waals surface area contributed by atoms with Crippen LogP contribution in [0, 0.1) is 0 Å². The first-order valence-corrected chi connectivity index (χ1v) is 5.88. The van der Waals surface area contributed by atoms with Crippen molar-refractivity contribution < 1.29 is 14.7 Å². The molecule has 0 heterocycles. The Bertz CT molecular complexity index is 294. The quantitative estimate of drug-likeness (QED) is 0.474. The number of aliphatic carboxylic acids is 1. The molecule has 0 bridgehead atoms. The van der Waals surface area contributed by atoms with Crippen LogP contribution in [0.4, 0.5) is 0 Å². The molecule has 1 atom stereocenters. The average Bonchev–Trinajstić information content (AvgIpc) is 2.20. The molecule has 7 heteroatoms. The number of rotatable bonds is 6. The molecule has 0 aromatic rings. The number of thiocarbonyl (C=S) groups is 1. The van der Waals surface area contributed by atoms with Crippen LogP contribution in [-0.4, -0.2) is 39.6 Å². The van der Waals surface area contributed by atoms with Crippen molar-refractivity contribution in [2.24, 2.45) is 0 Å². The van der Waals surface area contributed by atoms with Gasteiger partial charge in [-0.25, -0.2) is 4.79 Å². The molecule has 0 unspecified atom stereocenters. The molecular formula is C9H14N2O3S2. The Kier molecular flexibility index (Phi) is 7.57. The molecule has 0 aliphatic carbocycles. The highest BCUT2D eigenvalue weighted by Crippen LogP contribution is 2.05. The van der Waals surface area contributed by atoms with Gasteiger partial charge in [-0.2, -0.15) is 0 Å². The normalized spacial score (nSPS) is 11.3. The first kappa shape index (κ1) is 14.9. The maximum absolute atomic E-state index is 10.8. The summed E-state index contributed by atoms with van der Waals surface area (Å²) in [5.74, 6) is -1.26. The lowest BCUT2D eigenvalue weighted by molar-refractivity contribution is -0.140. The van der Waals surface area contributed by atoms with Crippen molar-refractivity contribution in [3.8, 4) is 0 Å². The predicted octanol–water partition coefficient (Wildman–Crippen LogP) is 0.369. The summed E-state index contributed by atoms with van der Waals surface area (Å²) in [7, 11) is 0. The lowest BCUT2D eigenvalue weighted by atomic mass is 10.3. The maximum atomic E-state index is 10.8. The van der Waals surface area contributed by atoms with Crippen LogP contribution >= 0.6 is 24.0 Å². The number of carboxylic acid groups (broad SMARTS) is 1. The highest BCUT2D eigenvalue weighted by atomic mass is 32.2. The van der Waals surface area contributed by atoms with E-state index in [4.69, 9.17) is 17.3 Å². The number of hydrogen-bond acceptors (Lipinski definition) is 4. The summed E-state index contributed by atoms with van der Waals surface area (Å²) in [6.45, 7) is 5.32. The second-order valence-corrected chi connectivity index (χ2v) is 4.56. The first-order valence-electron chi connectivity index (χ1n) is 4.48. The molecule has 0 saturated heterocycles. The van der Waals surface area contributed by atoms with Crippen LogP contribution in [-0.2, 0) is 9.59 Å². The van der Waals surface area contributed by atoms with Crippen molar-refractivity contribution in [2.45, 2.75) is 13.0 Å². The number of carboxylic acids is 1. The zero-order valence-corrected chi connectivity index (χ0v) is 10.5. The van der Waals surface area contributed by atoms with Crippen LogP contribution in [0.2, 0.25) is 0 Å².